The first kappa shape index (κ1) is 17.1. The Balaban J connectivity index is 1.41. The Kier molecular flexibility index (Phi) is 6.00. The third-order valence-electron chi connectivity index (χ3n) is 4.64. The minimum atomic E-state index is 0.834. The molecule has 0 unspecified atom stereocenters. The molecule has 0 aromatic heterocycles. The van der Waals surface area contributed by atoms with Crippen molar-refractivity contribution in [3.05, 3.63) is 59.1 Å². The van der Waals surface area contributed by atoms with Gasteiger partial charge < -0.3 is 9.64 Å². The molecule has 0 saturated carbocycles. The van der Waals surface area contributed by atoms with Crippen LogP contribution in [0.1, 0.15) is 12.0 Å². The highest BCUT2D eigenvalue weighted by Gasteiger charge is 2.16. The number of halogens is 1. The summed E-state index contributed by atoms with van der Waals surface area (Å²) in [5.74, 6) is 0.915. The molecule has 128 valence electrons. The average Bonchev–Trinajstić information content (AvgIpc) is 2.63. The minimum Gasteiger partial charge on any atom is -0.497 e. The molecule has 2 aromatic carbocycles. The third kappa shape index (κ3) is 4.65. The van der Waals surface area contributed by atoms with Crippen LogP contribution >= 0.6 is 11.6 Å². The van der Waals surface area contributed by atoms with Crippen LogP contribution in [0.25, 0.3) is 0 Å². The molecule has 0 spiro atoms. The summed E-state index contributed by atoms with van der Waals surface area (Å²) in [5, 5.41) is 0.834. The van der Waals surface area contributed by atoms with Gasteiger partial charge in [-0.2, -0.15) is 0 Å². The Labute approximate surface area is 149 Å². The first-order valence-corrected chi connectivity index (χ1v) is 8.98. The lowest BCUT2D eigenvalue weighted by molar-refractivity contribution is 0.255. The van der Waals surface area contributed by atoms with Crippen molar-refractivity contribution in [1.82, 2.24) is 4.90 Å². The van der Waals surface area contributed by atoms with Gasteiger partial charge in [0, 0.05) is 36.9 Å². The van der Waals surface area contributed by atoms with E-state index in [1.165, 1.54) is 17.7 Å². The first-order valence-electron chi connectivity index (χ1n) is 8.60. The van der Waals surface area contributed by atoms with E-state index in [4.69, 9.17) is 16.3 Å². The van der Waals surface area contributed by atoms with Crippen molar-refractivity contribution in [3.63, 3.8) is 0 Å². The van der Waals surface area contributed by atoms with Crippen molar-refractivity contribution in [3.8, 4) is 5.75 Å². The standard InChI is InChI=1S/C20H25ClN2O/c1-24-20-9-7-19(8-10-20)23-14-12-22(13-15-23)11-3-5-17-4-2-6-18(21)16-17/h2,4,6-10,16H,3,5,11-15H2,1H3. The van der Waals surface area contributed by atoms with E-state index in [1.807, 2.05) is 24.3 Å². The van der Waals surface area contributed by atoms with Crippen molar-refractivity contribution in [2.75, 3.05) is 44.7 Å². The van der Waals surface area contributed by atoms with E-state index in [-0.39, 0.29) is 0 Å². The number of piperazine rings is 1. The molecule has 3 rings (SSSR count). The van der Waals surface area contributed by atoms with Gasteiger partial charge in [-0.15, -0.1) is 0 Å². The molecule has 0 aliphatic carbocycles. The maximum absolute atomic E-state index is 6.04. The van der Waals surface area contributed by atoms with Gasteiger partial charge in [-0.05, 0) is 61.3 Å². The number of anilines is 1. The molecule has 0 N–H and O–H groups in total. The number of hydrogen-bond donors (Lipinski definition) is 0. The number of hydrogen-bond acceptors (Lipinski definition) is 3. The number of methoxy groups -OCH3 is 1. The van der Waals surface area contributed by atoms with Crippen LogP contribution in [0.2, 0.25) is 5.02 Å². The summed E-state index contributed by atoms with van der Waals surface area (Å²) < 4.78 is 5.23. The SMILES string of the molecule is COc1ccc(N2CCN(CCCc3cccc(Cl)c3)CC2)cc1. The molecule has 1 heterocycles. The van der Waals surface area contributed by atoms with Crippen LogP contribution in [0.5, 0.6) is 5.75 Å². The predicted octanol–water partition coefficient (Wildman–Crippen LogP) is 4.10. The van der Waals surface area contributed by atoms with Crippen molar-refractivity contribution in [2.45, 2.75) is 12.8 Å². The summed E-state index contributed by atoms with van der Waals surface area (Å²) in [5.41, 5.74) is 2.62. The highest BCUT2D eigenvalue weighted by Crippen LogP contribution is 2.20. The molecule has 1 aliphatic rings. The molecule has 24 heavy (non-hydrogen) atoms. The lowest BCUT2D eigenvalue weighted by atomic mass is 10.1. The van der Waals surface area contributed by atoms with Gasteiger partial charge in [0.25, 0.3) is 0 Å². The van der Waals surface area contributed by atoms with Gasteiger partial charge in [0.2, 0.25) is 0 Å². The molecule has 0 amide bonds. The average molecular weight is 345 g/mol. The first-order chi connectivity index (χ1) is 11.7. The molecule has 2 aromatic rings. The second-order valence-electron chi connectivity index (χ2n) is 6.26. The lowest BCUT2D eigenvalue weighted by Gasteiger charge is -2.36. The summed E-state index contributed by atoms with van der Waals surface area (Å²) in [7, 11) is 1.71. The van der Waals surface area contributed by atoms with Gasteiger partial charge in [-0.25, -0.2) is 0 Å². The van der Waals surface area contributed by atoms with Crippen molar-refractivity contribution in [2.24, 2.45) is 0 Å². The van der Waals surface area contributed by atoms with Crippen molar-refractivity contribution < 1.29 is 4.74 Å². The van der Waals surface area contributed by atoms with Crippen LogP contribution in [0.3, 0.4) is 0 Å². The predicted molar refractivity (Wildman–Crippen MR) is 101 cm³/mol. The van der Waals surface area contributed by atoms with Crippen molar-refractivity contribution in [1.29, 1.82) is 0 Å². The van der Waals surface area contributed by atoms with Gasteiger partial charge in [0.1, 0.15) is 5.75 Å². The fourth-order valence-electron chi connectivity index (χ4n) is 3.22. The Morgan fingerprint density at radius 3 is 2.42 bits per heavy atom. The summed E-state index contributed by atoms with van der Waals surface area (Å²) in [6.45, 7) is 5.58. The van der Waals surface area contributed by atoms with E-state index >= 15 is 0 Å². The second-order valence-corrected chi connectivity index (χ2v) is 6.70. The van der Waals surface area contributed by atoms with Crippen LogP contribution in [0, 0.1) is 0 Å². The quantitative estimate of drug-likeness (QED) is 0.784. The molecular weight excluding hydrogens is 320 g/mol. The zero-order valence-corrected chi connectivity index (χ0v) is 15.0. The molecule has 1 aliphatic heterocycles. The van der Waals surface area contributed by atoms with E-state index < -0.39 is 0 Å². The topological polar surface area (TPSA) is 15.7 Å². The van der Waals surface area contributed by atoms with E-state index in [1.54, 1.807) is 7.11 Å². The second kappa shape index (κ2) is 8.41. The zero-order valence-electron chi connectivity index (χ0n) is 14.2. The van der Waals surface area contributed by atoms with Gasteiger partial charge in [-0.1, -0.05) is 23.7 Å². The molecule has 4 heteroatoms. The fourth-order valence-corrected chi connectivity index (χ4v) is 3.43. The van der Waals surface area contributed by atoms with Crippen molar-refractivity contribution >= 4 is 17.3 Å². The van der Waals surface area contributed by atoms with Gasteiger partial charge in [0.15, 0.2) is 0 Å². The molecule has 0 radical (unpaired) electrons. The fraction of sp³-hybridized carbons (Fsp3) is 0.400. The van der Waals surface area contributed by atoms with E-state index in [0.29, 0.717) is 0 Å². The number of benzene rings is 2. The molecule has 3 nitrogen and oxygen atoms in total. The van der Waals surface area contributed by atoms with Gasteiger partial charge in [-0.3, -0.25) is 4.90 Å². The monoisotopic (exact) mass is 344 g/mol. The largest absolute Gasteiger partial charge is 0.497 e. The maximum Gasteiger partial charge on any atom is 0.119 e. The highest BCUT2D eigenvalue weighted by atomic mass is 35.5. The molecule has 1 saturated heterocycles. The van der Waals surface area contributed by atoms with Crippen LogP contribution in [-0.2, 0) is 6.42 Å². The number of aryl methyl sites for hydroxylation is 1. The van der Waals surface area contributed by atoms with Gasteiger partial charge in [0.05, 0.1) is 7.11 Å². The highest BCUT2D eigenvalue weighted by molar-refractivity contribution is 6.30. The molecule has 0 atom stereocenters. The van der Waals surface area contributed by atoms with E-state index in [9.17, 15) is 0 Å². The molecule has 0 bridgehead atoms. The van der Waals surface area contributed by atoms with Crippen LogP contribution in [-0.4, -0.2) is 44.7 Å². The van der Waals surface area contributed by atoms with Crippen LogP contribution < -0.4 is 9.64 Å². The Hall–Kier alpha value is -1.71. The normalized spacial score (nSPS) is 15.5. The molecule has 1 fully saturated rings. The Morgan fingerprint density at radius 2 is 1.75 bits per heavy atom. The summed E-state index contributed by atoms with van der Waals surface area (Å²) in [6, 6.07) is 16.6. The summed E-state index contributed by atoms with van der Waals surface area (Å²) >= 11 is 6.04. The minimum absolute atomic E-state index is 0.834. The molecular formula is C20H25ClN2O. The number of nitrogens with zero attached hydrogens (tertiary/aromatic N) is 2. The number of rotatable bonds is 6. The van der Waals surface area contributed by atoms with Crippen LogP contribution in [0.4, 0.5) is 5.69 Å². The lowest BCUT2D eigenvalue weighted by Crippen LogP contribution is -2.46. The zero-order chi connectivity index (χ0) is 16.8. The van der Waals surface area contributed by atoms with Gasteiger partial charge >= 0.3 is 0 Å². The van der Waals surface area contributed by atoms with E-state index in [2.05, 4.69) is 34.1 Å². The Bertz CT molecular complexity index is 636. The maximum atomic E-state index is 6.04. The Morgan fingerprint density at radius 1 is 1.00 bits per heavy atom. The van der Waals surface area contributed by atoms with Crippen LogP contribution in [0.15, 0.2) is 48.5 Å². The third-order valence-corrected chi connectivity index (χ3v) is 4.87. The number of ether oxygens (including phenoxy) is 1. The summed E-state index contributed by atoms with van der Waals surface area (Å²) in [6.07, 6.45) is 2.28. The smallest absolute Gasteiger partial charge is 0.119 e. The summed E-state index contributed by atoms with van der Waals surface area (Å²) in [4.78, 5) is 5.01. The van der Waals surface area contributed by atoms with E-state index in [0.717, 1.165) is 49.9 Å².